The van der Waals surface area contributed by atoms with Crippen molar-refractivity contribution in [2.24, 2.45) is 0 Å². The fraction of sp³-hybridized carbons (Fsp3) is 0.429. The Balaban J connectivity index is 2.76. The first-order valence-electron chi connectivity index (χ1n) is 6.21. The van der Waals surface area contributed by atoms with Crippen LogP contribution in [0.25, 0.3) is 0 Å². The summed E-state index contributed by atoms with van der Waals surface area (Å²) in [5, 5.41) is 11.7. The maximum absolute atomic E-state index is 12.9. The molecule has 1 amide bonds. The summed E-state index contributed by atoms with van der Waals surface area (Å²) < 4.78 is 17.9. The molecule has 21 heavy (non-hydrogen) atoms. The van der Waals surface area contributed by atoms with Crippen LogP contribution in [0.15, 0.2) is 18.2 Å². The largest absolute Gasteiger partial charge is 0.481 e. The molecule has 7 heteroatoms. The second-order valence-corrected chi connectivity index (χ2v) is 5.43. The summed E-state index contributed by atoms with van der Waals surface area (Å²) in [4.78, 5) is 22.9. The monoisotopic (exact) mass is 317 g/mol. The summed E-state index contributed by atoms with van der Waals surface area (Å²) in [6, 6.07) is 3.75. The van der Waals surface area contributed by atoms with Crippen LogP contribution in [0.5, 0.6) is 0 Å². The number of ether oxygens (including phenoxy) is 1. The van der Waals surface area contributed by atoms with Crippen molar-refractivity contribution in [3.8, 4) is 0 Å². The average Bonchev–Trinajstić information content (AvgIpc) is 2.31. The van der Waals surface area contributed by atoms with Crippen molar-refractivity contribution >= 4 is 23.5 Å². The maximum Gasteiger partial charge on any atom is 0.305 e. The van der Waals surface area contributed by atoms with E-state index >= 15 is 0 Å². The molecule has 116 valence electrons. The molecule has 1 rings (SSSR count). The minimum absolute atomic E-state index is 0.0577. The number of amides is 1. The van der Waals surface area contributed by atoms with Crippen LogP contribution < -0.4 is 5.32 Å². The second kappa shape index (κ2) is 7.38. The number of aliphatic carboxylic acids is 1. The number of methoxy groups -OCH3 is 1. The van der Waals surface area contributed by atoms with Gasteiger partial charge in [-0.25, -0.2) is 4.39 Å². The van der Waals surface area contributed by atoms with E-state index in [0.29, 0.717) is 5.56 Å². The lowest BCUT2D eigenvalue weighted by atomic mass is 9.98. The molecule has 0 saturated heterocycles. The van der Waals surface area contributed by atoms with E-state index in [-0.39, 0.29) is 24.5 Å². The zero-order valence-corrected chi connectivity index (χ0v) is 12.5. The molecule has 1 aromatic rings. The first-order chi connectivity index (χ1) is 9.75. The van der Waals surface area contributed by atoms with Crippen LogP contribution in [0.1, 0.15) is 18.9 Å². The maximum atomic E-state index is 12.9. The zero-order valence-electron chi connectivity index (χ0n) is 11.8. The quantitative estimate of drug-likeness (QED) is 0.806. The van der Waals surface area contributed by atoms with Gasteiger partial charge in [-0.3, -0.25) is 9.59 Å². The Kier molecular flexibility index (Phi) is 6.11. The zero-order chi connectivity index (χ0) is 16.0. The lowest BCUT2D eigenvalue weighted by Gasteiger charge is -2.28. The third-order valence-electron chi connectivity index (χ3n) is 2.81. The minimum Gasteiger partial charge on any atom is -0.481 e. The number of halogens is 2. The highest BCUT2D eigenvalue weighted by Gasteiger charge is 2.29. The summed E-state index contributed by atoms with van der Waals surface area (Å²) in [5.41, 5.74) is -0.560. The van der Waals surface area contributed by atoms with Gasteiger partial charge in [-0.05, 0) is 24.6 Å². The van der Waals surface area contributed by atoms with Gasteiger partial charge < -0.3 is 15.2 Å². The summed E-state index contributed by atoms with van der Waals surface area (Å²) in [5.74, 6) is -1.95. The molecule has 1 atom stereocenters. The van der Waals surface area contributed by atoms with Gasteiger partial charge in [0.25, 0.3) is 0 Å². The van der Waals surface area contributed by atoms with Gasteiger partial charge in [-0.2, -0.15) is 0 Å². The number of nitrogens with one attached hydrogen (secondary N) is 1. The van der Waals surface area contributed by atoms with Gasteiger partial charge in [0.2, 0.25) is 5.91 Å². The van der Waals surface area contributed by atoms with Crippen LogP contribution in [0, 0.1) is 5.82 Å². The van der Waals surface area contributed by atoms with E-state index in [1.54, 1.807) is 6.92 Å². The molecule has 0 radical (unpaired) electrons. The van der Waals surface area contributed by atoms with E-state index in [2.05, 4.69) is 5.32 Å². The summed E-state index contributed by atoms with van der Waals surface area (Å²) >= 11 is 5.85. The molecule has 0 bridgehead atoms. The van der Waals surface area contributed by atoms with Crippen molar-refractivity contribution < 1.29 is 23.8 Å². The third-order valence-corrected chi connectivity index (χ3v) is 3.16. The number of carbonyl (C=O) groups excluding carboxylic acids is 1. The fourth-order valence-electron chi connectivity index (χ4n) is 2.00. The van der Waals surface area contributed by atoms with Crippen molar-refractivity contribution in [2.45, 2.75) is 25.3 Å². The minimum atomic E-state index is -1.05. The molecule has 0 aliphatic heterocycles. The molecular formula is C14H17ClFNO4. The van der Waals surface area contributed by atoms with E-state index in [4.69, 9.17) is 21.4 Å². The lowest BCUT2D eigenvalue weighted by molar-refractivity contribution is -0.139. The molecule has 0 heterocycles. The van der Waals surface area contributed by atoms with Gasteiger partial charge >= 0.3 is 5.97 Å². The number of carboxylic acid groups (broad SMARTS) is 1. The van der Waals surface area contributed by atoms with E-state index in [9.17, 15) is 14.0 Å². The molecule has 0 aliphatic rings. The molecule has 0 spiro atoms. The normalized spacial score (nSPS) is 13.5. The Morgan fingerprint density at radius 2 is 2.14 bits per heavy atom. The first-order valence-corrected chi connectivity index (χ1v) is 6.59. The highest BCUT2D eigenvalue weighted by atomic mass is 35.5. The van der Waals surface area contributed by atoms with E-state index in [1.165, 1.54) is 19.2 Å². The molecule has 0 fully saturated rings. The standard InChI is InChI=1S/C14H17ClFNO4/c1-14(8-21-2,7-13(19)20)17-12(18)5-9-3-4-10(16)6-11(9)15/h3-4,6H,5,7-8H2,1-2H3,(H,17,18)(H,19,20). The van der Waals surface area contributed by atoms with Crippen molar-refractivity contribution in [3.05, 3.63) is 34.6 Å². The molecule has 1 unspecified atom stereocenters. The smallest absolute Gasteiger partial charge is 0.305 e. The Bertz CT molecular complexity index is 538. The highest BCUT2D eigenvalue weighted by molar-refractivity contribution is 6.31. The lowest BCUT2D eigenvalue weighted by Crippen LogP contribution is -2.51. The molecule has 1 aromatic carbocycles. The Hall–Kier alpha value is -1.66. The van der Waals surface area contributed by atoms with Gasteiger partial charge in [0, 0.05) is 12.1 Å². The fourth-order valence-corrected chi connectivity index (χ4v) is 2.24. The van der Waals surface area contributed by atoms with Crippen LogP contribution in [0.2, 0.25) is 5.02 Å². The van der Waals surface area contributed by atoms with Gasteiger partial charge in [-0.15, -0.1) is 0 Å². The van der Waals surface area contributed by atoms with Gasteiger partial charge in [-0.1, -0.05) is 17.7 Å². The van der Waals surface area contributed by atoms with Gasteiger partial charge in [0.15, 0.2) is 0 Å². The Morgan fingerprint density at radius 1 is 1.48 bits per heavy atom. The van der Waals surface area contributed by atoms with E-state index in [1.807, 2.05) is 0 Å². The van der Waals surface area contributed by atoms with E-state index < -0.39 is 23.2 Å². The van der Waals surface area contributed by atoms with Crippen LogP contribution in [0.4, 0.5) is 4.39 Å². The van der Waals surface area contributed by atoms with Crippen LogP contribution in [-0.2, 0) is 20.7 Å². The highest BCUT2D eigenvalue weighted by Crippen LogP contribution is 2.18. The molecule has 5 nitrogen and oxygen atoms in total. The Morgan fingerprint density at radius 3 is 2.67 bits per heavy atom. The van der Waals surface area contributed by atoms with Gasteiger partial charge in [0.05, 0.1) is 25.0 Å². The number of hydrogen-bond acceptors (Lipinski definition) is 3. The number of carboxylic acids is 1. The summed E-state index contributed by atoms with van der Waals surface area (Å²) in [6.45, 7) is 1.64. The average molecular weight is 318 g/mol. The third kappa shape index (κ3) is 5.69. The second-order valence-electron chi connectivity index (χ2n) is 5.02. The van der Waals surface area contributed by atoms with Crippen molar-refractivity contribution in [1.82, 2.24) is 5.32 Å². The van der Waals surface area contributed by atoms with Crippen LogP contribution in [0.3, 0.4) is 0 Å². The van der Waals surface area contributed by atoms with Crippen molar-refractivity contribution in [1.29, 1.82) is 0 Å². The van der Waals surface area contributed by atoms with Crippen LogP contribution in [-0.4, -0.2) is 36.2 Å². The summed E-state index contributed by atoms with van der Waals surface area (Å²) in [7, 11) is 1.42. The van der Waals surface area contributed by atoms with Crippen molar-refractivity contribution in [3.63, 3.8) is 0 Å². The van der Waals surface area contributed by atoms with E-state index in [0.717, 1.165) is 6.07 Å². The number of rotatable bonds is 7. The topological polar surface area (TPSA) is 75.6 Å². The van der Waals surface area contributed by atoms with Crippen LogP contribution >= 0.6 is 11.6 Å². The SMILES string of the molecule is COCC(C)(CC(=O)O)NC(=O)Cc1ccc(F)cc1Cl. The van der Waals surface area contributed by atoms with Gasteiger partial charge in [0.1, 0.15) is 5.82 Å². The molecule has 0 saturated carbocycles. The summed E-state index contributed by atoms with van der Waals surface area (Å²) in [6.07, 6.45) is -0.345. The number of carbonyl (C=O) groups is 2. The predicted molar refractivity (Wildman–Crippen MR) is 75.8 cm³/mol. The molecule has 0 aliphatic carbocycles. The van der Waals surface area contributed by atoms with Crippen molar-refractivity contribution in [2.75, 3.05) is 13.7 Å². The predicted octanol–water partition coefficient (Wildman–Crippen LogP) is 2.02. The molecule has 0 aromatic heterocycles. The number of benzene rings is 1. The number of hydrogen-bond donors (Lipinski definition) is 2. The molecule has 2 N–H and O–H groups in total. The Labute approximate surface area is 127 Å². The molecular weight excluding hydrogens is 301 g/mol. The first kappa shape index (κ1) is 17.4.